The van der Waals surface area contributed by atoms with Crippen LogP contribution in [0.3, 0.4) is 0 Å². The summed E-state index contributed by atoms with van der Waals surface area (Å²) in [5.74, 6) is -2.43. The summed E-state index contributed by atoms with van der Waals surface area (Å²) in [4.78, 5) is 47.9. The fourth-order valence-corrected chi connectivity index (χ4v) is 2.54. The second kappa shape index (κ2) is 8.85. The average Bonchev–Trinajstić information content (AvgIpc) is 2.84. The number of anilines is 1. The Bertz CT molecular complexity index is 993. The number of nitrogens with zero attached hydrogens (tertiary/aromatic N) is 1. The van der Waals surface area contributed by atoms with Gasteiger partial charge in [-0.25, -0.2) is 4.90 Å². The van der Waals surface area contributed by atoms with Crippen LogP contribution in [0.2, 0.25) is 0 Å². The molecule has 2 aromatic carbocycles. The van der Waals surface area contributed by atoms with Crippen molar-refractivity contribution < 1.29 is 88.5 Å². The first kappa shape index (κ1) is 23.1. The fourth-order valence-electron chi connectivity index (χ4n) is 2.54. The van der Waals surface area contributed by atoms with E-state index < -0.39 is 34.9 Å². The van der Waals surface area contributed by atoms with E-state index in [1.54, 1.807) is 0 Å². The number of amides is 2. The first-order valence-corrected chi connectivity index (χ1v) is 6.90. The number of carbonyl (C=O) groups excluding carboxylic acids is 4. The van der Waals surface area contributed by atoms with Crippen molar-refractivity contribution in [3.63, 3.8) is 0 Å². The maximum Gasteiger partial charge on any atom is 1.00 e. The van der Waals surface area contributed by atoms with Crippen LogP contribution >= 0.6 is 0 Å². The van der Waals surface area contributed by atoms with Crippen LogP contribution in [-0.4, -0.2) is 23.8 Å². The molecule has 1 heterocycles. The molecule has 122 valence electrons. The Morgan fingerprint density at radius 2 is 1.37 bits per heavy atom. The molecule has 0 bridgehead atoms. The Kier molecular flexibility index (Phi) is 7.57. The zero-order valence-electron chi connectivity index (χ0n) is 14.4. The molecule has 0 saturated heterocycles. The van der Waals surface area contributed by atoms with Crippen LogP contribution in [0.25, 0.3) is 0 Å². The van der Waals surface area contributed by atoms with Gasteiger partial charge in [0.1, 0.15) is 0 Å². The van der Waals surface area contributed by atoms with E-state index in [1.807, 2.05) is 0 Å². The molecule has 9 heteroatoms. The minimum atomic E-state index is -1.66. The summed E-state index contributed by atoms with van der Waals surface area (Å²) >= 11 is 0. The van der Waals surface area contributed by atoms with Crippen LogP contribution in [0.5, 0.6) is 0 Å². The summed E-state index contributed by atoms with van der Waals surface area (Å²) in [5.41, 5.74) is -0.697. The largest absolute Gasteiger partial charge is 1.00 e. The van der Waals surface area contributed by atoms with Gasteiger partial charge < -0.3 is 19.8 Å². The number of terminal acetylenes is 1. The molecule has 0 aromatic heterocycles. The standard InChI is InChI=1S/C18H9NO6.2Na/c1-2-9-3-4-13-14(5-9)16(21)19(15(13)20)12-7-10(17(22)23)6-11(8-12)18(24)25;;/h1,3-8H,(H,22,23)(H,24,25);;/q;2*+1/p-2. The quantitative estimate of drug-likeness (QED) is 0.297. The summed E-state index contributed by atoms with van der Waals surface area (Å²) in [6, 6.07) is 7.00. The van der Waals surface area contributed by atoms with Gasteiger partial charge in [0.2, 0.25) is 0 Å². The molecule has 27 heavy (non-hydrogen) atoms. The normalized spacial score (nSPS) is 11.7. The molecule has 0 saturated carbocycles. The monoisotopic (exact) mass is 379 g/mol. The van der Waals surface area contributed by atoms with Crippen LogP contribution in [0, 0.1) is 12.3 Å². The van der Waals surface area contributed by atoms with Crippen molar-refractivity contribution >= 4 is 29.4 Å². The molecule has 0 fully saturated rings. The van der Waals surface area contributed by atoms with Crippen LogP contribution in [-0.2, 0) is 0 Å². The van der Waals surface area contributed by atoms with E-state index >= 15 is 0 Å². The molecule has 0 atom stereocenters. The summed E-state index contributed by atoms with van der Waals surface area (Å²) in [5, 5.41) is 22.1. The van der Waals surface area contributed by atoms with E-state index in [2.05, 4.69) is 5.92 Å². The summed E-state index contributed by atoms with van der Waals surface area (Å²) in [6.45, 7) is 0. The first-order chi connectivity index (χ1) is 11.8. The predicted molar refractivity (Wildman–Crippen MR) is 80.6 cm³/mol. The second-order valence-corrected chi connectivity index (χ2v) is 5.19. The van der Waals surface area contributed by atoms with E-state index in [0.29, 0.717) is 10.5 Å². The third kappa shape index (κ3) is 4.17. The van der Waals surface area contributed by atoms with Gasteiger partial charge in [0.15, 0.2) is 0 Å². The summed E-state index contributed by atoms with van der Waals surface area (Å²) in [7, 11) is 0. The SMILES string of the molecule is C#Cc1ccc2c(c1)C(=O)N(c1cc(C(=O)[O-])cc(C(=O)[O-])c1)C2=O.[Na+].[Na+]. The number of fused-ring (bicyclic) bond motifs is 1. The van der Waals surface area contributed by atoms with Gasteiger partial charge in [-0.3, -0.25) is 9.59 Å². The Labute approximate surface area is 197 Å². The van der Waals surface area contributed by atoms with Gasteiger partial charge in [0.05, 0.1) is 28.8 Å². The number of benzene rings is 2. The number of hydrogen-bond donors (Lipinski definition) is 0. The van der Waals surface area contributed by atoms with Crippen molar-refractivity contribution in [3.05, 3.63) is 64.2 Å². The minimum absolute atomic E-state index is 0. The molecule has 0 aliphatic carbocycles. The molecule has 2 amide bonds. The van der Waals surface area contributed by atoms with Gasteiger partial charge in [-0.2, -0.15) is 0 Å². The number of imide groups is 1. The average molecular weight is 379 g/mol. The van der Waals surface area contributed by atoms with Crippen molar-refractivity contribution in [2.45, 2.75) is 0 Å². The van der Waals surface area contributed by atoms with Crippen LogP contribution in [0.15, 0.2) is 36.4 Å². The molecule has 0 N–H and O–H groups in total. The Morgan fingerprint density at radius 1 is 0.852 bits per heavy atom. The first-order valence-electron chi connectivity index (χ1n) is 6.90. The van der Waals surface area contributed by atoms with Gasteiger partial charge in [0, 0.05) is 5.56 Å². The fraction of sp³-hybridized carbons (Fsp3) is 0. The Balaban J connectivity index is 0.00000182. The van der Waals surface area contributed by atoms with Crippen molar-refractivity contribution in [2.75, 3.05) is 4.90 Å². The number of hydrogen-bond acceptors (Lipinski definition) is 6. The van der Waals surface area contributed by atoms with Crippen LogP contribution in [0.1, 0.15) is 47.0 Å². The molecule has 3 rings (SSSR count). The Morgan fingerprint density at radius 3 is 1.85 bits per heavy atom. The van der Waals surface area contributed by atoms with Crippen LogP contribution in [0.4, 0.5) is 5.69 Å². The maximum absolute atomic E-state index is 12.5. The minimum Gasteiger partial charge on any atom is -0.545 e. The van der Waals surface area contributed by atoms with Crippen molar-refractivity contribution in [3.8, 4) is 12.3 Å². The van der Waals surface area contributed by atoms with Gasteiger partial charge in [-0.1, -0.05) is 5.92 Å². The molecule has 1 aliphatic rings. The second-order valence-electron chi connectivity index (χ2n) is 5.19. The zero-order chi connectivity index (χ0) is 18.3. The summed E-state index contributed by atoms with van der Waals surface area (Å²) in [6.07, 6.45) is 5.27. The number of rotatable bonds is 3. The van der Waals surface area contributed by atoms with Crippen molar-refractivity contribution in [1.82, 2.24) is 0 Å². The van der Waals surface area contributed by atoms with Gasteiger partial charge in [-0.15, -0.1) is 6.42 Å². The van der Waals surface area contributed by atoms with Crippen molar-refractivity contribution in [2.24, 2.45) is 0 Å². The molecule has 2 aromatic rings. The number of carbonyl (C=O) groups is 4. The van der Waals surface area contributed by atoms with E-state index in [1.165, 1.54) is 18.2 Å². The van der Waals surface area contributed by atoms with Gasteiger partial charge in [0.25, 0.3) is 11.8 Å². The molecule has 7 nitrogen and oxygen atoms in total. The third-order valence-corrected chi connectivity index (χ3v) is 3.70. The maximum atomic E-state index is 12.5. The Hall–Kier alpha value is -1.92. The third-order valence-electron chi connectivity index (χ3n) is 3.70. The predicted octanol–water partition coefficient (Wildman–Crippen LogP) is -6.80. The van der Waals surface area contributed by atoms with Gasteiger partial charge in [-0.05, 0) is 47.5 Å². The van der Waals surface area contributed by atoms with Crippen molar-refractivity contribution in [1.29, 1.82) is 0 Å². The number of carboxylic acid groups (broad SMARTS) is 2. The zero-order valence-corrected chi connectivity index (χ0v) is 18.4. The molecular formula is C18H7NNa2O6. The van der Waals surface area contributed by atoms with Crippen LogP contribution < -0.4 is 74.2 Å². The molecule has 0 unspecified atom stereocenters. The van der Waals surface area contributed by atoms with E-state index in [9.17, 15) is 29.4 Å². The molecular weight excluding hydrogens is 372 g/mol. The molecule has 0 radical (unpaired) electrons. The van der Waals surface area contributed by atoms with E-state index in [4.69, 9.17) is 6.42 Å². The summed E-state index contributed by atoms with van der Waals surface area (Å²) < 4.78 is 0. The van der Waals surface area contributed by atoms with E-state index in [0.717, 1.165) is 18.2 Å². The smallest absolute Gasteiger partial charge is 0.545 e. The van der Waals surface area contributed by atoms with Gasteiger partial charge >= 0.3 is 59.1 Å². The number of aromatic carboxylic acids is 2. The topological polar surface area (TPSA) is 118 Å². The molecule has 0 spiro atoms. The van der Waals surface area contributed by atoms with E-state index in [-0.39, 0.29) is 75.9 Å². The molecule has 1 aliphatic heterocycles. The number of carboxylic acids is 2.